The topological polar surface area (TPSA) is 90.1 Å². The fourth-order valence-corrected chi connectivity index (χ4v) is 3.25. The number of thiophene rings is 1. The van der Waals surface area contributed by atoms with Crippen molar-refractivity contribution in [1.29, 1.82) is 0 Å². The summed E-state index contributed by atoms with van der Waals surface area (Å²) in [5.41, 5.74) is 6.47. The van der Waals surface area contributed by atoms with E-state index >= 15 is 0 Å². The van der Waals surface area contributed by atoms with Crippen LogP contribution in [0.2, 0.25) is 0 Å². The van der Waals surface area contributed by atoms with Crippen LogP contribution in [0.25, 0.3) is 10.2 Å². The van der Waals surface area contributed by atoms with Crippen molar-refractivity contribution in [3.05, 3.63) is 17.1 Å². The van der Waals surface area contributed by atoms with Crippen LogP contribution in [0.15, 0.2) is 12.3 Å². The lowest BCUT2D eigenvalue weighted by Crippen LogP contribution is -2.35. The van der Waals surface area contributed by atoms with E-state index in [0.717, 1.165) is 31.3 Å². The van der Waals surface area contributed by atoms with E-state index in [9.17, 15) is 4.79 Å². The van der Waals surface area contributed by atoms with Crippen LogP contribution in [0.4, 0.5) is 5.69 Å². The molecule has 7 heteroatoms. The molecule has 1 amide bonds. The van der Waals surface area contributed by atoms with Gasteiger partial charge in [-0.05, 0) is 25.3 Å². The predicted octanol–water partition coefficient (Wildman–Crippen LogP) is 1.57. The van der Waals surface area contributed by atoms with Crippen molar-refractivity contribution in [3.8, 4) is 0 Å². The van der Waals surface area contributed by atoms with Crippen molar-refractivity contribution in [2.75, 3.05) is 18.9 Å². The number of fused-ring (bicyclic) bond motifs is 1. The van der Waals surface area contributed by atoms with E-state index in [0.29, 0.717) is 21.9 Å². The zero-order chi connectivity index (χ0) is 13.9. The number of nitrogens with two attached hydrogens (primary N) is 1. The number of amides is 1. The zero-order valence-electron chi connectivity index (χ0n) is 11.0. The van der Waals surface area contributed by atoms with E-state index in [1.165, 1.54) is 11.3 Å². The fourth-order valence-electron chi connectivity index (χ4n) is 2.30. The number of aromatic nitrogens is 2. The molecule has 106 valence electrons. The van der Waals surface area contributed by atoms with E-state index in [1.54, 1.807) is 12.3 Å². The van der Waals surface area contributed by atoms with Crippen molar-refractivity contribution in [1.82, 2.24) is 15.5 Å². The molecule has 1 unspecified atom stereocenters. The van der Waals surface area contributed by atoms with Gasteiger partial charge in [-0.3, -0.25) is 4.79 Å². The van der Waals surface area contributed by atoms with E-state index in [4.69, 9.17) is 10.5 Å². The quantitative estimate of drug-likeness (QED) is 0.896. The molecular weight excluding hydrogens is 276 g/mol. The third-order valence-electron chi connectivity index (χ3n) is 3.39. The Labute approximate surface area is 120 Å². The Bertz CT molecular complexity index is 622. The number of anilines is 1. The van der Waals surface area contributed by atoms with Crippen molar-refractivity contribution < 1.29 is 9.53 Å². The first kappa shape index (κ1) is 13.3. The highest BCUT2D eigenvalue weighted by Gasteiger charge is 2.19. The molecule has 1 aliphatic rings. The normalized spacial score (nSPS) is 19.1. The molecule has 1 fully saturated rings. The number of ether oxygens (including phenoxy) is 1. The molecule has 1 atom stereocenters. The summed E-state index contributed by atoms with van der Waals surface area (Å²) < 4.78 is 5.59. The monoisotopic (exact) mass is 292 g/mol. The summed E-state index contributed by atoms with van der Waals surface area (Å²) >= 11 is 1.27. The molecule has 20 heavy (non-hydrogen) atoms. The summed E-state index contributed by atoms with van der Waals surface area (Å²) in [6.45, 7) is 1.30. The molecule has 3 rings (SSSR count). The molecule has 0 radical (unpaired) electrons. The summed E-state index contributed by atoms with van der Waals surface area (Å²) in [4.78, 5) is 13.4. The van der Waals surface area contributed by atoms with Crippen molar-refractivity contribution >= 4 is 33.1 Å². The molecule has 0 aliphatic carbocycles. The molecule has 0 aromatic carbocycles. The molecule has 3 N–H and O–H groups in total. The smallest absolute Gasteiger partial charge is 0.263 e. The van der Waals surface area contributed by atoms with E-state index < -0.39 is 0 Å². The first-order valence-electron chi connectivity index (χ1n) is 6.65. The van der Waals surface area contributed by atoms with E-state index in [2.05, 4.69) is 15.5 Å². The highest BCUT2D eigenvalue weighted by atomic mass is 32.1. The summed E-state index contributed by atoms with van der Waals surface area (Å²) in [5.74, 6) is -0.167. The van der Waals surface area contributed by atoms with Crippen LogP contribution in [0, 0.1) is 0 Å². The molecule has 2 aromatic heterocycles. The summed E-state index contributed by atoms with van der Waals surface area (Å²) in [6, 6.07) is 1.77. The predicted molar refractivity (Wildman–Crippen MR) is 77.8 cm³/mol. The highest BCUT2D eigenvalue weighted by Crippen LogP contribution is 2.31. The average Bonchev–Trinajstić information content (AvgIpc) is 2.84. The number of nitrogens with one attached hydrogen (secondary N) is 1. The highest BCUT2D eigenvalue weighted by molar-refractivity contribution is 7.21. The number of nitrogens with zero attached hydrogens (tertiary/aromatic N) is 2. The lowest BCUT2D eigenvalue weighted by Gasteiger charge is -2.22. The molecular formula is C13H16N4O2S. The van der Waals surface area contributed by atoms with Gasteiger partial charge >= 0.3 is 0 Å². The van der Waals surface area contributed by atoms with Gasteiger partial charge in [0.25, 0.3) is 5.91 Å². The molecule has 1 aliphatic heterocycles. The number of rotatable bonds is 3. The van der Waals surface area contributed by atoms with Crippen LogP contribution in [-0.4, -0.2) is 35.4 Å². The van der Waals surface area contributed by atoms with Crippen LogP contribution < -0.4 is 11.1 Å². The van der Waals surface area contributed by atoms with Gasteiger partial charge in [0.2, 0.25) is 0 Å². The molecule has 3 heterocycles. The first-order chi connectivity index (χ1) is 9.75. The second-order valence-corrected chi connectivity index (χ2v) is 5.79. The second-order valence-electron chi connectivity index (χ2n) is 4.79. The molecule has 2 aromatic rings. The Morgan fingerprint density at radius 2 is 2.45 bits per heavy atom. The average molecular weight is 292 g/mol. The lowest BCUT2D eigenvalue weighted by molar-refractivity contribution is 0.0169. The molecule has 6 nitrogen and oxygen atoms in total. The fraction of sp³-hybridized carbons (Fsp3) is 0.462. The Morgan fingerprint density at radius 1 is 1.55 bits per heavy atom. The van der Waals surface area contributed by atoms with Gasteiger partial charge in [0.1, 0.15) is 9.71 Å². The summed E-state index contributed by atoms with van der Waals surface area (Å²) in [7, 11) is 0. The number of carbonyl (C=O) groups excluding carboxylic acids is 1. The Morgan fingerprint density at radius 3 is 3.20 bits per heavy atom. The largest absolute Gasteiger partial charge is 0.397 e. The standard InChI is InChI=1S/C13H16N4O2S/c14-10-9-4-5-16-17-13(9)20-11(10)12(18)15-7-8-3-1-2-6-19-8/h4-5,8H,1-3,6-7,14H2,(H,15,18). The van der Waals surface area contributed by atoms with E-state index in [-0.39, 0.29) is 12.0 Å². The molecule has 0 saturated carbocycles. The van der Waals surface area contributed by atoms with E-state index in [1.807, 2.05) is 0 Å². The zero-order valence-corrected chi connectivity index (χ0v) is 11.8. The number of nitrogen functional groups attached to an aromatic ring is 1. The minimum Gasteiger partial charge on any atom is -0.397 e. The van der Waals surface area contributed by atoms with Crippen LogP contribution in [0.1, 0.15) is 28.9 Å². The minimum atomic E-state index is -0.167. The van der Waals surface area contributed by atoms with Gasteiger partial charge in [-0.15, -0.1) is 16.4 Å². The Hall–Kier alpha value is -1.73. The summed E-state index contributed by atoms with van der Waals surface area (Å²) in [6.07, 6.45) is 4.94. The Balaban J connectivity index is 1.70. The van der Waals surface area contributed by atoms with Crippen LogP contribution in [0.3, 0.4) is 0 Å². The van der Waals surface area contributed by atoms with Crippen molar-refractivity contribution in [3.63, 3.8) is 0 Å². The molecule has 0 bridgehead atoms. The second kappa shape index (κ2) is 5.72. The van der Waals surface area contributed by atoms with Gasteiger partial charge < -0.3 is 15.8 Å². The SMILES string of the molecule is Nc1c(C(=O)NCC2CCCCO2)sc2nnccc12. The van der Waals surface area contributed by atoms with Gasteiger partial charge in [-0.2, -0.15) is 5.10 Å². The number of carbonyl (C=O) groups is 1. The van der Waals surface area contributed by atoms with Crippen LogP contribution >= 0.6 is 11.3 Å². The third kappa shape index (κ3) is 2.59. The maximum absolute atomic E-state index is 12.2. The Kier molecular flexibility index (Phi) is 3.79. The van der Waals surface area contributed by atoms with Gasteiger partial charge in [-0.25, -0.2) is 0 Å². The van der Waals surface area contributed by atoms with Gasteiger partial charge in [-0.1, -0.05) is 0 Å². The van der Waals surface area contributed by atoms with Crippen molar-refractivity contribution in [2.24, 2.45) is 0 Å². The maximum Gasteiger partial charge on any atom is 0.263 e. The van der Waals surface area contributed by atoms with Gasteiger partial charge in [0, 0.05) is 18.5 Å². The number of hydrogen-bond acceptors (Lipinski definition) is 6. The van der Waals surface area contributed by atoms with Crippen LogP contribution in [0.5, 0.6) is 0 Å². The van der Waals surface area contributed by atoms with Gasteiger partial charge in [0.05, 0.1) is 18.0 Å². The van der Waals surface area contributed by atoms with Crippen LogP contribution in [-0.2, 0) is 4.74 Å². The maximum atomic E-state index is 12.2. The number of hydrogen-bond donors (Lipinski definition) is 2. The minimum absolute atomic E-state index is 0.114. The molecule has 0 spiro atoms. The van der Waals surface area contributed by atoms with Gasteiger partial charge in [0.15, 0.2) is 0 Å². The van der Waals surface area contributed by atoms with Crippen molar-refractivity contribution in [2.45, 2.75) is 25.4 Å². The lowest BCUT2D eigenvalue weighted by atomic mass is 10.1. The first-order valence-corrected chi connectivity index (χ1v) is 7.47. The molecule has 1 saturated heterocycles. The third-order valence-corrected chi connectivity index (χ3v) is 4.50. The summed E-state index contributed by atoms with van der Waals surface area (Å²) in [5, 5.41) is 11.4.